The molecular formula is C22H18ClN3O2S2. The van der Waals surface area contributed by atoms with Crippen molar-refractivity contribution in [1.82, 2.24) is 9.55 Å². The highest BCUT2D eigenvalue weighted by atomic mass is 35.5. The second-order valence-electron chi connectivity index (χ2n) is 6.75. The minimum absolute atomic E-state index is 0.110. The van der Waals surface area contributed by atoms with Crippen LogP contribution in [-0.4, -0.2) is 21.2 Å². The highest BCUT2D eigenvalue weighted by Crippen LogP contribution is 2.31. The summed E-state index contributed by atoms with van der Waals surface area (Å²) in [4.78, 5) is 30.8. The highest BCUT2D eigenvalue weighted by Gasteiger charge is 2.15. The third-order valence-corrected chi connectivity index (χ3v) is 7.01. The normalized spacial score (nSPS) is 11.0. The molecule has 30 heavy (non-hydrogen) atoms. The third kappa shape index (κ3) is 4.28. The van der Waals surface area contributed by atoms with Crippen molar-refractivity contribution in [3.05, 3.63) is 75.5 Å². The summed E-state index contributed by atoms with van der Waals surface area (Å²) in [6.45, 7) is 1.90. The Bertz CT molecular complexity index is 1300. The zero-order chi connectivity index (χ0) is 21.3. The number of carbonyl (C=O) groups excluding carboxylic acids is 1. The van der Waals surface area contributed by atoms with Gasteiger partial charge < -0.3 is 5.32 Å². The van der Waals surface area contributed by atoms with E-state index in [1.54, 1.807) is 19.2 Å². The monoisotopic (exact) mass is 455 g/mol. The maximum atomic E-state index is 12.8. The molecule has 0 bridgehead atoms. The summed E-state index contributed by atoms with van der Waals surface area (Å²) in [5.74, 6) is -0.0528. The van der Waals surface area contributed by atoms with Crippen LogP contribution in [0.4, 0.5) is 5.69 Å². The van der Waals surface area contributed by atoms with Gasteiger partial charge in [0, 0.05) is 22.6 Å². The van der Waals surface area contributed by atoms with Crippen LogP contribution < -0.4 is 10.9 Å². The number of hydrogen-bond acceptors (Lipinski definition) is 5. The van der Waals surface area contributed by atoms with Crippen molar-refractivity contribution < 1.29 is 4.79 Å². The number of halogens is 1. The molecule has 0 radical (unpaired) electrons. The standard InChI is InChI=1S/C22H18ClN3O2S2/c1-13-8-9-15(23)10-16(13)24-19(27)12-29-22-25-17-11-18(14-6-4-3-5-7-14)30-20(17)21(28)26(22)2/h3-11H,12H2,1-2H3,(H,24,27). The first-order chi connectivity index (χ1) is 14.4. The SMILES string of the molecule is Cc1ccc(Cl)cc1NC(=O)CSc1nc2cc(-c3ccccc3)sc2c(=O)n1C. The molecule has 4 aromatic rings. The number of aryl methyl sites for hydroxylation is 1. The molecule has 4 rings (SSSR count). The molecule has 0 aliphatic carbocycles. The predicted octanol–water partition coefficient (Wildman–Crippen LogP) is 5.35. The van der Waals surface area contributed by atoms with Crippen LogP contribution in [0, 0.1) is 6.92 Å². The Morgan fingerprint density at radius 3 is 2.73 bits per heavy atom. The Labute approximate surface area is 186 Å². The smallest absolute Gasteiger partial charge is 0.271 e. The van der Waals surface area contributed by atoms with Crippen LogP contribution in [0.25, 0.3) is 20.7 Å². The Morgan fingerprint density at radius 2 is 1.97 bits per heavy atom. The fourth-order valence-corrected chi connectivity index (χ4v) is 4.98. The summed E-state index contributed by atoms with van der Waals surface area (Å²) in [7, 11) is 1.68. The van der Waals surface area contributed by atoms with Gasteiger partial charge in [0.05, 0.1) is 11.3 Å². The van der Waals surface area contributed by atoms with E-state index in [0.717, 1.165) is 16.0 Å². The maximum absolute atomic E-state index is 12.8. The van der Waals surface area contributed by atoms with Crippen LogP contribution >= 0.6 is 34.7 Å². The molecule has 0 fully saturated rings. The summed E-state index contributed by atoms with van der Waals surface area (Å²) in [6, 6.07) is 17.2. The largest absolute Gasteiger partial charge is 0.325 e. The van der Waals surface area contributed by atoms with Crippen LogP contribution in [0.5, 0.6) is 0 Å². The number of amides is 1. The fourth-order valence-electron chi connectivity index (χ4n) is 2.95. The van der Waals surface area contributed by atoms with Crippen LogP contribution in [-0.2, 0) is 11.8 Å². The van der Waals surface area contributed by atoms with Crippen molar-refractivity contribution in [1.29, 1.82) is 0 Å². The molecule has 2 aromatic heterocycles. The average molecular weight is 456 g/mol. The molecule has 1 N–H and O–H groups in total. The molecule has 0 aliphatic rings. The van der Waals surface area contributed by atoms with Crippen LogP contribution in [0.2, 0.25) is 5.02 Å². The minimum Gasteiger partial charge on any atom is -0.325 e. The zero-order valence-electron chi connectivity index (χ0n) is 16.3. The van der Waals surface area contributed by atoms with Gasteiger partial charge >= 0.3 is 0 Å². The van der Waals surface area contributed by atoms with Crippen LogP contribution in [0.15, 0.2) is 64.5 Å². The fraction of sp³-hybridized carbons (Fsp3) is 0.136. The average Bonchev–Trinajstić information content (AvgIpc) is 3.17. The maximum Gasteiger partial charge on any atom is 0.271 e. The molecule has 0 saturated heterocycles. The van der Waals surface area contributed by atoms with E-state index in [1.165, 1.54) is 27.7 Å². The number of aromatic nitrogens is 2. The van der Waals surface area contributed by atoms with E-state index in [4.69, 9.17) is 11.6 Å². The lowest BCUT2D eigenvalue weighted by molar-refractivity contribution is -0.113. The van der Waals surface area contributed by atoms with Crippen molar-refractivity contribution in [3.8, 4) is 10.4 Å². The van der Waals surface area contributed by atoms with Crippen LogP contribution in [0.3, 0.4) is 0 Å². The Kier molecular flexibility index (Phi) is 5.94. The van der Waals surface area contributed by atoms with Gasteiger partial charge in [0.25, 0.3) is 5.56 Å². The molecule has 1 amide bonds. The van der Waals surface area contributed by atoms with Crippen LogP contribution in [0.1, 0.15) is 5.56 Å². The summed E-state index contributed by atoms with van der Waals surface area (Å²) in [6.07, 6.45) is 0. The molecule has 8 heteroatoms. The van der Waals surface area contributed by atoms with Gasteiger partial charge in [-0.3, -0.25) is 14.2 Å². The number of rotatable bonds is 5. The number of nitrogens with zero attached hydrogens (tertiary/aromatic N) is 2. The zero-order valence-corrected chi connectivity index (χ0v) is 18.7. The Balaban J connectivity index is 1.55. The van der Waals surface area contributed by atoms with Crippen molar-refractivity contribution >= 4 is 56.5 Å². The molecule has 0 spiro atoms. The number of nitrogens with one attached hydrogen (secondary N) is 1. The molecule has 2 aromatic carbocycles. The van der Waals surface area contributed by atoms with Gasteiger partial charge in [-0.15, -0.1) is 11.3 Å². The second-order valence-corrected chi connectivity index (χ2v) is 9.18. The quantitative estimate of drug-likeness (QED) is 0.325. The van der Waals surface area contributed by atoms with E-state index >= 15 is 0 Å². The van der Waals surface area contributed by atoms with Crippen molar-refractivity contribution in [3.63, 3.8) is 0 Å². The molecular weight excluding hydrogens is 438 g/mol. The molecule has 0 atom stereocenters. The number of carbonyl (C=O) groups is 1. The van der Waals surface area contributed by atoms with Gasteiger partial charge in [0.1, 0.15) is 4.70 Å². The number of thiophene rings is 1. The van der Waals surface area contributed by atoms with Gasteiger partial charge in [0.15, 0.2) is 5.16 Å². The number of fused-ring (bicyclic) bond motifs is 1. The topological polar surface area (TPSA) is 64.0 Å². The van der Waals surface area contributed by atoms with Gasteiger partial charge in [-0.1, -0.05) is 59.8 Å². The molecule has 152 valence electrons. The van der Waals surface area contributed by atoms with Crippen molar-refractivity contribution in [2.45, 2.75) is 12.1 Å². The van der Waals surface area contributed by atoms with Crippen molar-refractivity contribution in [2.24, 2.45) is 7.05 Å². The van der Waals surface area contributed by atoms with Gasteiger partial charge in [0.2, 0.25) is 5.91 Å². The van der Waals surface area contributed by atoms with Gasteiger partial charge in [-0.25, -0.2) is 4.98 Å². The lowest BCUT2D eigenvalue weighted by atomic mass is 10.2. The van der Waals surface area contributed by atoms with Gasteiger partial charge in [-0.2, -0.15) is 0 Å². The number of anilines is 1. The first kappa shape index (κ1) is 20.7. The van der Waals surface area contributed by atoms with Gasteiger partial charge in [-0.05, 0) is 36.2 Å². The summed E-state index contributed by atoms with van der Waals surface area (Å²) in [5.41, 5.74) is 3.19. The lowest BCUT2D eigenvalue weighted by Crippen LogP contribution is -2.20. The molecule has 2 heterocycles. The molecule has 0 saturated carbocycles. The molecule has 5 nitrogen and oxygen atoms in total. The van der Waals surface area contributed by atoms with E-state index in [1.807, 2.05) is 49.4 Å². The first-order valence-corrected chi connectivity index (χ1v) is 11.3. The number of hydrogen-bond donors (Lipinski definition) is 1. The summed E-state index contributed by atoms with van der Waals surface area (Å²) < 4.78 is 2.11. The number of thioether (sulfide) groups is 1. The van der Waals surface area contributed by atoms with E-state index < -0.39 is 0 Å². The van der Waals surface area contributed by atoms with E-state index in [2.05, 4.69) is 10.3 Å². The van der Waals surface area contributed by atoms with E-state index in [9.17, 15) is 9.59 Å². The Hall–Kier alpha value is -2.61. The summed E-state index contributed by atoms with van der Waals surface area (Å²) in [5, 5.41) is 3.92. The number of benzene rings is 2. The first-order valence-electron chi connectivity index (χ1n) is 9.17. The molecule has 0 unspecified atom stereocenters. The van der Waals surface area contributed by atoms with E-state index in [-0.39, 0.29) is 17.2 Å². The highest BCUT2D eigenvalue weighted by molar-refractivity contribution is 7.99. The van der Waals surface area contributed by atoms with E-state index in [0.29, 0.717) is 26.1 Å². The predicted molar refractivity (Wildman–Crippen MR) is 126 cm³/mol. The summed E-state index contributed by atoms with van der Waals surface area (Å²) >= 11 is 8.67. The van der Waals surface area contributed by atoms with Crippen molar-refractivity contribution in [2.75, 3.05) is 11.1 Å². The Morgan fingerprint density at radius 1 is 1.20 bits per heavy atom. The second kappa shape index (κ2) is 8.63. The minimum atomic E-state index is -0.185. The third-order valence-electron chi connectivity index (χ3n) is 4.58. The molecule has 0 aliphatic heterocycles. The lowest BCUT2D eigenvalue weighted by Gasteiger charge is -2.10.